The molecule has 0 aliphatic rings. The molecule has 7 heteroatoms. The molecule has 0 aliphatic carbocycles. The zero-order valence-corrected chi connectivity index (χ0v) is 13.4. The van der Waals surface area contributed by atoms with Crippen LogP contribution in [0.15, 0.2) is 41.1 Å². The number of methoxy groups -OCH3 is 1. The Morgan fingerprint density at radius 1 is 1.22 bits per heavy atom. The first kappa shape index (κ1) is 17.0. The van der Waals surface area contributed by atoms with Crippen molar-refractivity contribution < 1.29 is 19.4 Å². The van der Waals surface area contributed by atoms with Crippen molar-refractivity contribution in [3.05, 3.63) is 52.2 Å². The van der Waals surface area contributed by atoms with E-state index in [-0.39, 0.29) is 13.1 Å². The number of benzene rings is 1. The summed E-state index contributed by atoms with van der Waals surface area (Å²) in [5.74, 6) is -0.899. The average Bonchev–Trinajstić information content (AvgIpc) is 3.12. The Hall–Kier alpha value is -2.38. The predicted octanol–water partition coefficient (Wildman–Crippen LogP) is 1.22. The molecule has 0 aliphatic heterocycles. The van der Waals surface area contributed by atoms with Gasteiger partial charge >= 0.3 is 11.8 Å². The van der Waals surface area contributed by atoms with Gasteiger partial charge in [0.1, 0.15) is 5.75 Å². The number of hydrogen-bond donors (Lipinski definition) is 3. The minimum absolute atomic E-state index is 0.0162. The lowest BCUT2D eigenvalue weighted by Crippen LogP contribution is -2.41. The largest absolute Gasteiger partial charge is 0.496 e. The Morgan fingerprint density at radius 2 is 1.96 bits per heavy atom. The van der Waals surface area contributed by atoms with E-state index in [9.17, 15) is 14.7 Å². The lowest BCUT2D eigenvalue weighted by molar-refractivity contribution is -0.139. The van der Waals surface area contributed by atoms with E-state index >= 15 is 0 Å². The highest BCUT2D eigenvalue weighted by atomic mass is 32.1. The third-order valence-electron chi connectivity index (χ3n) is 3.22. The Balaban J connectivity index is 1.80. The van der Waals surface area contributed by atoms with Crippen LogP contribution in [0.25, 0.3) is 0 Å². The Morgan fingerprint density at radius 3 is 2.65 bits per heavy atom. The molecule has 0 unspecified atom stereocenters. The van der Waals surface area contributed by atoms with Crippen LogP contribution < -0.4 is 15.4 Å². The standard InChI is InChI=1S/C16H18N2O4S/c1-22-14-5-3-2-4-11(14)8-17-15(20)16(21)18-9-13(19)12-6-7-23-10-12/h2-7,10,13,19H,8-9H2,1H3,(H,17,20)(H,18,21)/t13-/m1/s1. The number of thiophene rings is 1. The lowest BCUT2D eigenvalue weighted by Gasteiger charge is -2.11. The second-order valence-electron chi connectivity index (χ2n) is 4.78. The first-order valence-electron chi connectivity index (χ1n) is 7.00. The van der Waals surface area contributed by atoms with Gasteiger partial charge in [-0.2, -0.15) is 11.3 Å². The predicted molar refractivity (Wildman–Crippen MR) is 87.1 cm³/mol. The number of carbonyl (C=O) groups is 2. The summed E-state index contributed by atoms with van der Waals surface area (Å²) in [7, 11) is 1.54. The highest BCUT2D eigenvalue weighted by Gasteiger charge is 2.16. The summed E-state index contributed by atoms with van der Waals surface area (Å²) < 4.78 is 5.17. The van der Waals surface area contributed by atoms with Crippen LogP contribution >= 0.6 is 11.3 Å². The third-order valence-corrected chi connectivity index (χ3v) is 3.92. The van der Waals surface area contributed by atoms with Gasteiger partial charge in [-0.1, -0.05) is 18.2 Å². The van der Waals surface area contributed by atoms with E-state index in [4.69, 9.17) is 4.74 Å². The molecular formula is C16H18N2O4S. The molecule has 2 aromatic rings. The summed E-state index contributed by atoms with van der Waals surface area (Å²) in [5, 5.41) is 18.4. The molecule has 0 saturated heterocycles. The molecule has 0 spiro atoms. The first-order chi connectivity index (χ1) is 11.1. The van der Waals surface area contributed by atoms with Gasteiger partial charge in [0.15, 0.2) is 0 Å². The number of para-hydroxylation sites is 1. The van der Waals surface area contributed by atoms with E-state index < -0.39 is 17.9 Å². The number of nitrogens with one attached hydrogen (secondary N) is 2. The van der Waals surface area contributed by atoms with Crippen molar-refractivity contribution in [2.24, 2.45) is 0 Å². The molecule has 2 rings (SSSR count). The highest BCUT2D eigenvalue weighted by molar-refractivity contribution is 7.07. The minimum Gasteiger partial charge on any atom is -0.496 e. The third kappa shape index (κ3) is 4.80. The lowest BCUT2D eigenvalue weighted by atomic mass is 10.2. The monoisotopic (exact) mass is 334 g/mol. The molecular weight excluding hydrogens is 316 g/mol. The molecule has 2 amide bonds. The van der Waals surface area contributed by atoms with Crippen LogP contribution in [0.4, 0.5) is 0 Å². The summed E-state index contributed by atoms with van der Waals surface area (Å²) in [6, 6.07) is 8.99. The van der Waals surface area contributed by atoms with Crippen LogP contribution in [-0.2, 0) is 16.1 Å². The van der Waals surface area contributed by atoms with Gasteiger partial charge in [-0.25, -0.2) is 0 Å². The van der Waals surface area contributed by atoms with E-state index in [0.717, 1.165) is 5.56 Å². The molecule has 1 atom stereocenters. The van der Waals surface area contributed by atoms with Gasteiger partial charge in [0.25, 0.3) is 0 Å². The number of hydrogen-bond acceptors (Lipinski definition) is 5. The smallest absolute Gasteiger partial charge is 0.309 e. The molecule has 0 saturated carbocycles. The van der Waals surface area contributed by atoms with Crippen molar-refractivity contribution in [3.63, 3.8) is 0 Å². The normalized spacial score (nSPS) is 11.6. The zero-order valence-electron chi connectivity index (χ0n) is 12.6. The van der Waals surface area contributed by atoms with Crippen molar-refractivity contribution in [2.45, 2.75) is 12.6 Å². The topological polar surface area (TPSA) is 87.7 Å². The summed E-state index contributed by atoms with van der Waals surface area (Å²) in [6.45, 7) is 0.168. The van der Waals surface area contributed by atoms with Crippen molar-refractivity contribution in [2.75, 3.05) is 13.7 Å². The van der Waals surface area contributed by atoms with E-state index in [0.29, 0.717) is 11.3 Å². The van der Waals surface area contributed by atoms with Gasteiger partial charge < -0.3 is 20.5 Å². The van der Waals surface area contributed by atoms with Gasteiger partial charge in [0.05, 0.1) is 13.2 Å². The highest BCUT2D eigenvalue weighted by Crippen LogP contribution is 2.17. The molecule has 1 heterocycles. The Labute approximate surface area is 138 Å². The zero-order chi connectivity index (χ0) is 16.7. The molecule has 0 fully saturated rings. The number of aliphatic hydroxyl groups excluding tert-OH is 1. The average molecular weight is 334 g/mol. The van der Waals surface area contributed by atoms with Gasteiger partial charge in [-0.05, 0) is 28.5 Å². The molecule has 122 valence electrons. The Kier molecular flexibility index (Phi) is 6.13. The molecule has 1 aromatic carbocycles. The van der Waals surface area contributed by atoms with Gasteiger partial charge in [-0.15, -0.1) is 0 Å². The fourth-order valence-corrected chi connectivity index (χ4v) is 2.66. The number of rotatable bonds is 6. The fraction of sp³-hybridized carbons (Fsp3) is 0.250. The Bertz CT molecular complexity index is 658. The maximum Gasteiger partial charge on any atom is 0.309 e. The molecule has 6 nitrogen and oxygen atoms in total. The van der Waals surface area contributed by atoms with Crippen LogP contribution in [-0.4, -0.2) is 30.6 Å². The van der Waals surface area contributed by atoms with E-state index in [1.165, 1.54) is 11.3 Å². The summed E-state index contributed by atoms with van der Waals surface area (Å²) in [4.78, 5) is 23.5. The quantitative estimate of drug-likeness (QED) is 0.693. The van der Waals surface area contributed by atoms with E-state index in [1.54, 1.807) is 30.7 Å². The molecule has 0 radical (unpaired) electrons. The molecule has 3 N–H and O–H groups in total. The summed E-state index contributed by atoms with van der Waals surface area (Å²) in [6.07, 6.45) is -0.827. The van der Waals surface area contributed by atoms with E-state index in [2.05, 4.69) is 10.6 Å². The number of carbonyl (C=O) groups excluding carboxylic acids is 2. The molecule has 1 aromatic heterocycles. The van der Waals surface area contributed by atoms with Crippen LogP contribution in [0.2, 0.25) is 0 Å². The van der Waals surface area contributed by atoms with Crippen molar-refractivity contribution in [3.8, 4) is 5.75 Å². The van der Waals surface area contributed by atoms with Crippen LogP contribution in [0.3, 0.4) is 0 Å². The summed E-state index contributed by atoms with van der Waals surface area (Å²) in [5.41, 5.74) is 1.49. The van der Waals surface area contributed by atoms with Crippen molar-refractivity contribution in [1.29, 1.82) is 0 Å². The second-order valence-corrected chi connectivity index (χ2v) is 5.56. The molecule has 0 bridgehead atoms. The fourth-order valence-electron chi connectivity index (χ4n) is 1.96. The SMILES string of the molecule is COc1ccccc1CNC(=O)C(=O)NC[C@@H](O)c1ccsc1. The van der Waals surface area contributed by atoms with E-state index in [1.807, 2.05) is 17.5 Å². The maximum absolute atomic E-state index is 11.8. The number of ether oxygens (including phenoxy) is 1. The van der Waals surface area contributed by atoms with Crippen molar-refractivity contribution in [1.82, 2.24) is 10.6 Å². The van der Waals surface area contributed by atoms with Crippen LogP contribution in [0, 0.1) is 0 Å². The van der Waals surface area contributed by atoms with Gasteiger partial charge in [0.2, 0.25) is 0 Å². The number of aliphatic hydroxyl groups is 1. The first-order valence-corrected chi connectivity index (χ1v) is 7.94. The summed E-state index contributed by atoms with van der Waals surface area (Å²) >= 11 is 1.45. The second kappa shape index (κ2) is 8.30. The molecule has 23 heavy (non-hydrogen) atoms. The van der Waals surface area contributed by atoms with Crippen LogP contribution in [0.5, 0.6) is 5.75 Å². The maximum atomic E-state index is 11.8. The van der Waals surface area contributed by atoms with Crippen LogP contribution in [0.1, 0.15) is 17.2 Å². The van der Waals surface area contributed by atoms with Gasteiger partial charge in [-0.3, -0.25) is 9.59 Å². The van der Waals surface area contributed by atoms with Crippen molar-refractivity contribution >= 4 is 23.2 Å². The number of amides is 2. The minimum atomic E-state index is -0.827. The van der Waals surface area contributed by atoms with Gasteiger partial charge in [0, 0.05) is 18.7 Å².